The SMILES string of the molecule is CCOC(=O)[C@@H](N)[C@@]1(N2CCCCC2)C[C@@H]2CC[C@]1(C)C2(C)C. The number of piperidine rings is 1. The minimum Gasteiger partial charge on any atom is -0.465 e. The molecule has 3 fully saturated rings. The maximum atomic E-state index is 12.6. The minimum atomic E-state index is -0.532. The lowest BCUT2D eigenvalue weighted by Crippen LogP contribution is -2.70. The molecule has 0 amide bonds. The first-order valence-electron chi connectivity index (χ1n) is 9.48. The van der Waals surface area contributed by atoms with E-state index in [2.05, 4.69) is 25.7 Å². The number of hydrogen-bond donors (Lipinski definition) is 1. The fraction of sp³-hybridized carbons (Fsp3) is 0.947. The smallest absolute Gasteiger partial charge is 0.324 e. The van der Waals surface area contributed by atoms with Crippen LogP contribution >= 0.6 is 0 Å². The Morgan fingerprint density at radius 2 is 1.91 bits per heavy atom. The van der Waals surface area contributed by atoms with Gasteiger partial charge in [-0.25, -0.2) is 0 Å². The van der Waals surface area contributed by atoms with E-state index in [4.69, 9.17) is 10.5 Å². The lowest BCUT2D eigenvalue weighted by Gasteiger charge is -2.57. The number of nitrogens with two attached hydrogens (primary N) is 1. The van der Waals surface area contributed by atoms with Crippen LogP contribution in [-0.2, 0) is 9.53 Å². The van der Waals surface area contributed by atoms with E-state index < -0.39 is 6.04 Å². The van der Waals surface area contributed by atoms with E-state index in [0.29, 0.717) is 12.5 Å². The zero-order valence-electron chi connectivity index (χ0n) is 15.4. The molecule has 4 atom stereocenters. The molecule has 1 saturated heterocycles. The number of rotatable bonds is 4. The van der Waals surface area contributed by atoms with Gasteiger partial charge in [-0.15, -0.1) is 0 Å². The summed E-state index contributed by atoms with van der Waals surface area (Å²) in [6.45, 7) is 11.6. The summed E-state index contributed by atoms with van der Waals surface area (Å²) in [6, 6.07) is -0.532. The van der Waals surface area contributed by atoms with Crippen molar-refractivity contribution in [3.63, 3.8) is 0 Å². The highest BCUT2D eigenvalue weighted by Gasteiger charge is 2.73. The third-order valence-corrected chi connectivity index (χ3v) is 7.92. The second-order valence-corrected chi connectivity index (χ2v) is 8.70. The Labute approximate surface area is 141 Å². The average molecular weight is 322 g/mol. The second kappa shape index (κ2) is 5.73. The summed E-state index contributed by atoms with van der Waals surface area (Å²) in [4.78, 5) is 15.2. The summed E-state index contributed by atoms with van der Waals surface area (Å²) in [5.74, 6) is 0.456. The van der Waals surface area contributed by atoms with Gasteiger partial charge in [0.15, 0.2) is 0 Å². The molecule has 2 saturated carbocycles. The van der Waals surface area contributed by atoms with Crippen LogP contribution in [0.1, 0.15) is 66.2 Å². The number of nitrogens with zero attached hydrogens (tertiary/aromatic N) is 1. The number of carbonyl (C=O) groups is 1. The number of ether oxygens (including phenoxy) is 1. The van der Waals surface area contributed by atoms with Crippen LogP contribution in [0.2, 0.25) is 0 Å². The number of carbonyl (C=O) groups excluding carboxylic acids is 1. The normalized spacial score (nSPS) is 41.0. The summed E-state index contributed by atoms with van der Waals surface area (Å²) in [5.41, 5.74) is 6.73. The van der Waals surface area contributed by atoms with Crippen LogP contribution in [0.3, 0.4) is 0 Å². The number of hydrogen-bond acceptors (Lipinski definition) is 4. The maximum absolute atomic E-state index is 12.6. The van der Waals surface area contributed by atoms with Crippen LogP contribution in [0.4, 0.5) is 0 Å². The van der Waals surface area contributed by atoms with Crippen molar-refractivity contribution in [2.24, 2.45) is 22.5 Å². The van der Waals surface area contributed by atoms with Gasteiger partial charge in [0.1, 0.15) is 6.04 Å². The van der Waals surface area contributed by atoms with Crippen LogP contribution < -0.4 is 5.73 Å². The van der Waals surface area contributed by atoms with Gasteiger partial charge in [0.05, 0.1) is 12.1 Å². The van der Waals surface area contributed by atoms with Gasteiger partial charge in [-0.05, 0) is 68.9 Å². The highest BCUT2D eigenvalue weighted by Crippen LogP contribution is 2.72. The zero-order valence-corrected chi connectivity index (χ0v) is 15.4. The molecule has 4 nitrogen and oxygen atoms in total. The topological polar surface area (TPSA) is 55.6 Å². The van der Waals surface area contributed by atoms with Crippen molar-refractivity contribution in [2.75, 3.05) is 19.7 Å². The Hall–Kier alpha value is -0.610. The van der Waals surface area contributed by atoms with Crippen molar-refractivity contribution in [2.45, 2.75) is 77.8 Å². The fourth-order valence-corrected chi connectivity index (χ4v) is 6.19. The van der Waals surface area contributed by atoms with Crippen molar-refractivity contribution in [3.05, 3.63) is 0 Å². The molecular weight excluding hydrogens is 288 g/mol. The molecule has 0 aromatic heterocycles. The number of likely N-dealkylation sites (tertiary alicyclic amines) is 1. The molecule has 23 heavy (non-hydrogen) atoms. The number of esters is 1. The van der Waals surface area contributed by atoms with E-state index in [1.807, 2.05) is 6.92 Å². The van der Waals surface area contributed by atoms with Crippen LogP contribution in [0.15, 0.2) is 0 Å². The van der Waals surface area contributed by atoms with Crippen LogP contribution in [-0.4, -0.2) is 42.1 Å². The minimum absolute atomic E-state index is 0.0776. The third kappa shape index (κ3) is 2.13. The molecule has 0 aromatic carbocycles. The summed E-state index contributed by atoms with van der Waals surface area (Å²) in [6.07, 6.45) is 7.24. The van der Waals surface area contributed by atoms with Gasteiger partial charge >= 0.3 is 5.97 Å². The molecule has 2 aliphatic carbocycles. The Kier molecular flexibility index (Phi) is 4.29. The summed E-state index contributed by atoms with van der Waals surface area (Å²) in [7, 11) is 0. The molecule has 2 N–H and O–H groups in total. The predicted octanol–water partition coefficient (Wildman–Crippen LogP) is 2.95. The van der Waals surface area contributed by atoms with Crippen molar-refractivity contribution in [1.82, 2.24) is 4.90 Å². The van der Waals surface area contributed by atoms with Crippen molar-refractivity contribution in [3.8, 4) is 0 Å². The molecule has 2 bridgehead atoms. The highest BCUT2D eigenvalue weighted by molar-refractivity contribution is 5.78. The van der Waals surface area contributed by atoms with Crippen molar-refractivity contribution >= 4 is 5.97 Å². The quantitative estimate of drug-likeness (QED) is 0.809. The Balaban J connectivity index is 2.03. The van der Waals surface area contributed by atoms with E-state index in [-0.39, 0.29) is 22.3 Å². The first kappa shape index (κ1) is 17.2. The van der Waals surface area contributed by atoms with Gasteiger partial charge in [-0.2, -0.15) is 0 Å². The van der Waals surface area contributed by atoms with Gasteiger partial charge in [-0.3, -0.25) is 9.69 Å². The number of fused-ring (bicyclic) bond motifs is 2. The van der Waals surface area contributed by atoms with Gasteiger partial charge in [0.2, 0.25) is 0 Å². The third-order valence-electron chi connectivity index (χ3n) is 7.92. The summed E-state index contributed by atoms with van der Waals surface area (Å²) in [5, 5.41) is 0. The molecule has 3 aliphatic rings. The lowest BCUT2D eigenvalue weighted by atomic mass is 9.59. The van der Waals surface area contributed by atoms with Crippen LogP contribution in [0, 0.1) is 16.7 Å². The molecular formula is C19H34N2O2. The summed E-state index contributed by atoms with van der Waals surface area (Å²) < 4.78 is 5.36. The van der Waals surface area contributed by atoms with Gasteiger partial charge < -0.3 is 10.5 Å². The molecule has 0 unspecified atom stereocenters. The second-order valence-electron chi connectivity index (χ2n) is 8.70. The van der Waals surface area contributed by atoms with Crippen molar-refractivity contribution < 1.29 is 9.53 Å². The van der Waals surface area contributed by atoms with Crippen LogP contribution in [0.25, 0.3) is 0 Å². The van der Waals surface area contributed by atoms with E-state index >= 15 is 0 Å². The summed E-state index contributed by atoms with van der Waals surface area (Å²) >= 11 is 0. The molecule has 0 spiro atoms. The van der Waals surface area contributed by atoms with E-state index in [9.17, 15) is 4.79 Å². The monoisotopic (exact) mass is 322 g/mol. The molecule has 1 aliphatic heterocycles. The van der Waals surface area contributed by atoms with Crippen LogP contribution in [0.5, 0.6) is 0 Å². The molecule has 132 valence electrons. The molecule has 0 aromatic rings. The Morgan fingerprint density at radius 1 is 1.26 bits per heavy atom. The Morgan fingerprint density at radius 3 is 2.39 bits per heavy atom. The molecule has 0 radical (unpaired) electrons. The maximum Gasteiger partial charge on any atom is 0.324 e. The highest BCUT2D eigenvalue weighted by atomic mass is 16.5. The van der Waals surface area contributed by atoms with E-state index in [0.717, 1.165) is 19.5 Å². The average Bonchev–Trinajstić information content (AvgIpc) is 2.87. The molecule has 1 heterocycles. The first-order chi connectivity index (χ1) is 10.8. The van der Waals surface area contributed by atoms with E-state index in [1.165, 1.54) is 32.1 Å². The van der Waals surface area contributed by atoms with Gasteiger partial charge in [-0.1, -0.05) is 27.2 Å². The fourth-order valence-electron chi connectivity index (χ4n) is 6.19. The zero-order chi connectivity index (χ0) is 16.9. The molecule has 3 rings (SSSR count). The van der Waals surface area contributed by atoms with Crippen molar-refractivity contribution in [1.29, 1.82) is 0 Å². The largest absolute Gasteiger partial charge is 0.465 e. The van der Waals surface area contributed by atoms with E-state index in [1.54, 1.807) is 0 Å². The van der Waals surface area contributed by atoms with Gasteiger partial charge in [0, 0.05) is 0 Å². The molecule has 4 heteroatoms. The van der Waals surface area contributed by atoms with Gasteiger partial charge in [0.25, 0.3) is 0 Å². The Bertz CT molecular complexity index is 472. The first-order valence-corrected chi connectivity index (χ1v) is 9.48. The standard InChI is InChI=1S/C19H34N2O2/c1-5-23-16(22)15(20)19(21-11-7-6-8-12-21)13-14-9-10-18(19,4)17(14,2)3/h14-15H,5-13,20H2,1-4H3/t14-,15+,18+,19-/m0/s1. The predicted molar refractivity (Wildman–Crippen MR) is 92.0 cm³/mol. The lowest BCUT2D eigenvalue weighted by molar-refractivity contribution is -0.156.